The van der Waals surface area contributed by atoms with Crippen LogP contribution in [0.15, 0.2) is 18.2 Å². The van der Waals surface area contributed by atoms with E-state index >= 15 is 0 Å². The summed E-state index contributed by atoms with van der Waals surface area (Å²) < 4.78 is 13.6. The number of aryl methyl sites for hydroxylation is 1. The summed E-state index contributed by atoms with van der Waals surface area (Å²) in [5.74, 6) is 1.35. The SMILES string of the molecule is CCc1nc2cccc(C(=O)O)c2n1C1CCS(=O)CC1. The fourth-order valence-electron chi connectivity index (χ4n) is 3.05. The van der Waals surface area contributed by atoms with Crippen molar-refractivity contribution in [3.63, 3.8) is 0 Å². The predicted molar refractivity (Wildman–Crippen MR) is 82.2 cm³/mol. The monoisotopic (exact) mass is 306 g/mol. The Morgan fingerprint density at radius 1 is 1.43 bits per heavy atom. The molecule has 1 aliphatic rings. The molecule has 0 saturated carbocycles. The zero-order valence-electron chi connectivity index (χ0n) is 11.9. The summed E-state index contributed by atoms with van der Waals surface area (Å²) in [4.78, 5) is 16.1. The molecule has 1 saturated heterocycles. The van der Waals surface area contributed by atoms with Gasteiger partial charge in [0.05, 0.1) is 16.6 Å². The molecule has 2 aromatic rings. The van der Waals surface area contributed by atoms with Crippen LogP contribution in [0.2, 0.25) is 0 Å². The Morgan fingerprint density at radius 3 is 2.76 bits per heavy atom. The fraction of sp³-hybridized carbons (Fsp3) is 0.467. The number of hydrogen-bond donors (Lipinski definition) is 1. The molecule has 1 aromatic heterocycles. The molecule has 1 aromatic carbocycles. The van der Waals surface area contributed by atoms with Gasteiger partial charge in [-0.2, -0.15) is 0 Å². The highest BCUT2D eigenvalue weighted by molar-refractivity contribution is 7.85. The van der Waals surface area contributed by atoms with Gasteiger partial charge in [0.25, 0.3) is 0 Å². The third-order valence-corrected chi connectivity index (χ3v) is 5.43. The minimum absolute atomic E-state index is 0.197. The summed E-state index contributed by atoms with van der Waals surface area (Å²) in [5, 5.41) is 9.44. The Hall–Kier alpha value is -1.69. The van der Waals surface area contributed by atoms with E-state index in [4.69, 9.17) is 0 Å². The lowest BCUT2D eigenvalue weighted by Gasteiger charge is -2.25. The maximum Gasteiger partial charge on any atom is 0.337 e. The normalized spacial score (nSPS) is 22.5. The number of hydrogen-bond acceptors (Lipinski definition) is 3. The molecule has 0 bridgehead atoms. The van der Waals surface area contributed by atoms with Crippen molar-refractivity contribution in [1.82, 2.24) is 9.55 Å². The number of carboxylic acids is 1. The van der Waals surface area contributed by atoms with Crippen LogP contribution in [-0.4, -0.2) is 36.3 Å². The number of carboxylic acid groups (broad SMARTS) is 1. The van der Waals surface area contributed by atoms with E-state index in [0.717, 1.165) is 30.6 Å². The summed E-state index contributed by atoms with van der Waals surface area (Å²) in [5.41, 5.74) is 1.74. The van der Waals surface area contributed by atoms with Crippen LogP contribution in [0, 0.1) is 0 Å². The van der Waals surface area contributed by atoms with E-state index in [1.165, 1.54) is 0 Å². The van der Waals surface area contributed by atoms with Crippen molar-refractivity contribution in [2.75, 3.05) is 11.5 Å². The fourth-order valence-corrected chi connectivity index (χ4v) is 4.33. The van der Waals surface area contributed by atoms with E-state index in [2.05, 4.69) is 9.55 Å². The first-order valence-electron chi connectivity index (χ1n) is 7.20. The lowest BCUT2D eigenvalue weighted by molar-refractivity contribution is 0.0698. The minimum atomic E-state index is -0.927. The zero-order chi connectivity index (χ0) is 15.0. The van der Waals surface area contributed by atoms with Crippen LogP contribution in [0.1, 0.15) is 42.0 Å². The van der Waals surface area contributed by atoms with Crippen molar-refractivity contribution < 1.29 is 14.1 Å². The van der Waals surface area contributed by atoms with Crippen LogP contribution in [0.25, 0.3) is 11.0 Å². The zero-order valence-corrected chi connectivity index (χ0v) is 12.7. The quantitative estimate of drug-likeness (QED) is 0.945. The number of rotatable bonds is 3. The topological polar surface area (TPSA) is 72.2 Å². The van der Waals surface area contributed by atoms with E-state index in [1.807, 2.05) is 13.0 Å². The number of para-hydroxylation sites is 1. The van der Waals surface area contributed by atoms with E-state index < -0.39 is 16.8 Å². The van der Waals surface area contributed by atoms with Gasteiger partial charge < -0.3 is 9.67 Å². The molecule has 1 fully saturated rings. The second-order valence-corrected chi connectivity index (χ2v) is 7.01. The van der Waals surface area contributed by atoms with Crippen molar-refractivity contribution in [2.24, 2.45) is 0 Å². The van der Waals surface area contributed by atoms with E-state index in [-0.39, 0.29) is 6.04 Å². The smallest absolute Gasteiger partial charge is 0.337 e. The lowest BCUT2D eigenvalue weighted by Crippen LogP contribution is -2.23. The van der Waals surface area contributed by atoms with Gasteiger partial charge in [-0.1, -0.05) is 13.0 Å². The van der Waals surface area contributed by atoms with Crippen molar-refractivity contribution in [2.45, 2.75) is 32.2 Å². The Balaban J connectivity index is 2.19. The predicted octanol–water partition coefficient (Wildman–Crippen LogP) is 2.38. The summed E-state index contributed by atoms with van der Waals surface area (Å²) in [6, 6.07) is 5.42. The molecule has 0 aliphatic carbocycles. The Labute approximate surface area is 125 Å². The van der Waals surface area contributed by atoms with Crippen molar-refractivity contribution >= 4 is 27.8 Å². The van der Waals surface area contributed by atoms with Crippen LogP contribution in [0.5, 0.6) is 0 Å². The van der Waals surface area contributed by atoms with Gasteiger partial charge >= 0.3 is 5.97 Å². The molecule has 5 nitrogen and oxygen atoms in total. The molecule has 1 aliphatic heterocycles. The number of aromatic nitrogens is 2. The molecule has 21 heavy (non-hydrogen) atoms. The maximum atomic E-state index is 11.6. The highest BCUT2D eigenvalue weighted by atomic mass is 32.2. The first kappa shape index (κ1) is 14.3. The van der Waals surface area contributed by atoms with Crippen molar-refractivity contribution in [3.8, 4) is 0 Å². The van der Waals surface area contributed by atoms with Crippen LogP contribution in [0.4, 0.5) is 0 Å². The number of fused-ring (bicyclic) bond motifs is 1. The Bertz CT molecular complexity index is 713. The molecule has 0 amide bonds. The number of aromatic carboxylic acids is 1. The lowest BCUT2D eigenvalue weighted by atomic mass is 10.1. The molecule has 6 heteroatoms. The van der Waals surface area contributed by atoms with Crippen molar-refractivity contribution in [3.05, 3.63) is 29.6 Å². The third-order valence-electron chi connectivity index (χ3n) is 4.05. The molecule has 0 radical (unpaired) electrons. The summed E-state index contributed by atoms with van der Waals surface area (Å²) in [6.45, 7) is 2.03. The van der Waals surface area contributed by atoms with Crippen LogP contribution in [-0.2, 0) is 17.2 Å². The maximum absolute atomic E-state index is 11.6. The standard InChI is InChI=1S/C15H18N2O3S/c1-2-13-16-12-5-3-4-11(15(18)19)14(12)17(13)10-6-8-21(20)9-7-10/h3-5,10H,2,6-9H2,1H3,(H,18,19). The average Bonchev–Trinajstić information content (AvgIpc) is 2.86. The first-order valence-corrected chi connectivity index (χ1v) is 8.68. The van der Waals surface area contributed by atoms with Gasteiger partial charge in [0.1, 0.15) is 5.82 Å². The van der Waals surface area contributed by atoms with Gasteiger partial charge in [-0.25, -0.2) is 9.78 Å². The van der Waals surface area contributed by atoms with Crippen LogP contribution in [0.3, 0.4) is 0 Å². The van der Waals surface area contributed by atoms with Gasteiger partial charge in [-0.15, -0.1) is 0 Å². The molecule has 1 N–H and O–H groups in total. The highest BCUT2D eigenvalue weighted by Crippen LogP contribution is 2.30. The molecule has 0 unspecified atom stereocenters. The third kappa shape index (κ3) is 2.48. The molecular formula is C15H18N2O3S. The average molecular weight is 306 g/mol. The van der Waals surface area contributed by atoms with Crippen molar-refractivity contribution in [1.29, 1.82) is 0 Å². The van der Waals surface area contributed by atoms with Gasteiger partial charge in [-0.3, -0.25) is 4.21 Å². The molecule has 3 rings (SSSR count). The Morgan fingerprint density at radius 2 is 2.14 bits per heavy atom. The second kappa shape index (κ2) is 5.60. The molecular weight excluding hydrogens is 288 g/mol. The summed E-state index contributed by atoms with van der Waals surface area (Å²) >= 11 is 0. The molecule has 2 heterocycles. The van der Waals surface area contributed by atoms with E-state index in [1.54, 1.807) is 12.1 Å². The number of carbonyl (C=O) groups is 1. The molecule has 0 spiro atoms. The van der Waals surface area contributed by atoms with Gasteiger partial charge in [0, 0.05) is 34.8 Å². The van der Waals surface area contributed by atoms with Crippen LogP contribution >= 0.6 is 0 Å². The Kier molecular flexibility index (Phi) is 3.80. The van der Waals surface area contributed by atoms with Gasteiger partial charge in [0.15, 0.2) is 0 Å². The summed E-state index contributed by atoms with van der Waals surface area (Å²) in [6.07, 6.45) is 2.39. The minimum Gasteiger partial charge on any atom is -0.478 e. The molecule has 0 atom stereocenters. The van der Waals surface area contributed by atoms with Gasteiger partial charge in [-0.05, 0) is 25.0 Å². The van der Waals surface area contributed by atoms with E-state index in [9.17, 15) is 14.1 Å². The van der Waals surface area contributed by atoms with Crippen LogP contribution < -0.4 is 0 Å². The largest absolute Gasteiger partial charge is 0.478 e. The highest BCUT2D eigenvalue weighted by Gasteiger charge is 2.25. The number of nitrogens with zero attached hydrogens (tertiary/aromatic N) is 2. The summed E-state index contributed by atoms with van der Waals surface area (Å²) in [7, 11) is -0.729. The first-order chi connectivity index (χ1) is 10.1. The number of benzene rings is 1. The second-order valence-electron chi connectivity index (χ2n) is 5.31. The number of imidazole rings is 1. The van der Waals surface area contributed by atoms with Gasteiger partial charge in [0.2, 0.25) is 0 Å². The molecule has 112 valence electrons. The van der Waals surface area contributed by atoms with E-state index in [0.29, 0.717) is 22.6 Å².